The second-order valence-corrected chi connectivity index (χ2v) is 7.21. The number of nitrogens with one attached hydrogen (secondary N) is 2. The largest absolute Gasteiger partial charge is 0.451 e. The highest BCUT2D eigenvalue weighted by atomic mass is 16.5. The molecule has 1 atom stereocenters. The van der Waals surface area contributed by atoms with Crippen molar-refractivity contribution in [2.75, 3.05) is 11.9 Å². The van der Waals surface area contributed by atoms with E-state index in [2.05, 4.69) is 10.6 Å². The smallest absolute Gasteiger partial charge is 0.326 e. The van der Waals surface area contributed by atoms with Gasteiger partial charge in [-0.15, -0.1) is 0 Å². The number of fused-ring (bicyclic) bond motifs is 1. The Kier molecular flexibility index (Phi) is 6.47. The fourth-order valence-electron chi connectivity index (χ4n) is 3.22. The van der Waals surface area contributed by atoms with Crippen molar-refractivity contribution >= 4 is 34.2 Å². The minimum absolute atomic E-state index is 0.322. The van der Waals surface area contributed by atoms with Gasteiger partial charge in [-0.05, 0) is 44.4 Å². The van der Waals surface area contributed by atoms with Crippen molar-refractivity contribution in [3.05, 3.63) is 77.4 Å². The van der Waals surface area contributed by atoms with Crippen LogP contribution in [0, 0.1) is 13.8 Å². The van der Waals surface area contributed by atoms with E-state index in [1.165, 1.54) is 6.92 Å². The van der Waals surface area contributed by atoms with Crippen LogP contribution < -0.4 is 10.6 Å². The van der Waals surface area contributed by atoms with Gasteiger partial charge in [0.2, 0.25) is 0 Å². The van der Waals surface area contributed by atoms with Crippen LogP contribution in [-0.4, -0.2) is 30.4 Å². The van der Waals surface area contributed by atoms with E-state index in [0.29, 0.717) is 11.3 Å². The fourth-order valence-corrected chi connectivity index (χ4v) is 3.22. The molecule has 0 radical (unpaired) electrons. The fraction of sp³-hybridized carbons (Fsp3) is 0.208. The van der Waals surface area contributed by atoms with Crippen LogP contribution >= 0.6 is 0 Å². The number of hydrogen-bond donors (Lipinski definition) is 2. The maximum Gasteiger partial charge on any atom is 0.326 e. The molecule has 1 unspecified atom stereocenters. The highest BCUT2D eigenvalue weighted by Crippen LogP contribution is 2.23. The summed E-state index contributed by atoms with van der Waals surface area (Å²) in [6, 6.07) is 18.7. The Morgan fingerprint density at radius 3 is 2.33 bits per heavy atom. The predicted molar refractivity (Wildman–Crippen MR) is 116 cm³/mol. The first kappa shape index (κ1) is 21.0. The van der Waals surface area contributed by atoms with Crippen LogP contribution in [-0.2, 0) is 14.3 Å². The molecule has 0 fully saturated rings. The summed E-state index contributed by atoms with van der Waals surface area (Å²) in [5, 5.41) is 7.21. The topological polar surface area (TPSA) is 84.5 Å². The number of anilines is 1. The first-order chi connectivity index (χ1) is 14.3. The summed E-state index contributed by atoms with van der Waals surface area (Å²) in [5.74, 6) is -1.50. The normalized spacial score (nSPS) is 11.6. The van der Waals surface area contributed by atoms with Gasteiger partial charge in [0.15, 0.2) is 6.10 Å². The Morgan fingerprint density at radius 2 is 1.60 bits per heavy atom. The van der Waals surface area contributed by atoms with Gasteiger partial charge in [-0.2, -0.15) is 0 Å². The second kappa shape index (κ2) is 9.22. The van der Waals surface area contributed by atoms with Gasteiger partial charge in [0, 0.05) is 16.6 Å². The van der Waals surface area contributed by atoms with Crippen molar-refractivity contribution < 1.29 is 19.1 Å². The van der Waals surface area contributed by atoms with Crippen LogP contribution in [0.25, 0.3) is 10.8 Å². The molecule has 0 aliphatic heterocycles. The van der Waals surface area contributed by atoms with E-state index in [4.69, 9.17) is 4.74 Å². The van der Waals surface area contributed by atoms with Crippen molar-refractivity contribution in [1.82, 2.24) is 5.32 Å². The predicted octanol–water partition coefficient (Wildman–Crippen LogP) is 3.76. The van der Waals surface area contributed by atoms with Crippen molar-refractivity contribution in [3.63, 3.8) is 0 Å². The van der Waals surface area contributed by atoms with Gasteiger partial charge in [-0.25, -0.2) is 0 Å². The van der Waals surface area contributed by atoms with Crippen molar-refractivity contribution in [2.45, 2.75) is 26.9 Å². The van der Waals surface area contributed by atoms with E-state index in [1.54, 1.807) is 18.2 Å². The molecule has 0 spiro atoms. The highest BCUT2D eigenvalue weighted by molar-refractivity contribution is 6.04. The molecule has 154 valence electrons. The van der Waals surface area contributed by atoms with Gasteiger partial charge in [0.25, 0.3) is 11.8 Å². The number of aryl methyl sites for hydroxylation is 2. The molecule has 0 bridgehead atoms. The minimum atomic E-state index is -1.01. The van der Waals surface area contributed by atoms with E-state index < -0.39 is 18.0 Å². The lowest BCUT2D eigenvalue weighted by atomic mass is 10.1. The summed E-state index contributed by atoms with van der Waals surface area (Å²) in [5.41, 5.74) is 3.04. The van der Waals surface area contributed by atoms with Crippen LogP contribution in [0.15, 0.2) is 60.7 Å². The summed E-state index contributed by atoms with van der Waals surface area (Å²) >= 11 is 0. The van der Waals surface area contributed by atoms with Gasteiger partial charge in [-0.1, -0.05) is 53.6 Å². The number of hydrogen-bond acceptors (Lipinski definition) is 4. The molecule has 3 rings (SSSR count). The van der Waals surface area contributed by atoms with E-state index in [1.807, 2.05) is 56.3 Å². The molecule has 2 amide bonds. The number of carbonyl (C=O) groups is 3. The highest BCUT2D eigenvalue weighted by Gasteiger charge is 2.19. The molecule has 0 aromatic heterocycles. The maximum atomic E-state index is 12.5. The molecule has 0 aliphatic rings. The molecular weight excluding hydrogens is 380 g/mol. The van der Waals surface area contributed by atoms with Crippen LogP contribution in [0.2, 0.25) is 0 Å². The first-order valence-electron chi connectivity index (χ1n) is 9.68. The summed E-state index contributed by atoms with van der Waals surface area (Å²) in [6.45, 7) is 4.96. The number of esters is 1. The lowest BCUT2D eigenvalue weighted by Gasteiger charge is -2.15. The zero-order chi connectivity index (χ0) is 21.7. The number of amides is 2. The SMILES string of the molecule is Cc1cc(C)cc(C(=O)NCC(=O)OC(C)C(=O)Nc2cccc3ccccc23)c1. The Morgan fingerprint density at radius 1 is 0.933 bits per heavy atom. The van der Waals surface area contributed by atoms with Gasteiger partial charge in [0.05, 0.1) is 0 Å². The van der Waals surface area contributed by atoms with Crippen LogP contribution in [0.1, 0.15) is 28.4 Å². The Hall–Kier alpha value is -3.67. The molecule has 3 aromatic rings. The van der Waals surface area contributed by atoms with Gasteiger partial charge in [0.1, 0.15) is 6.54 Å². The lowest BCUT2D eigenvalue weighted by Crippen LogP contribution is -2.35. The number of benzene rings is 3. The zero-order valence-corrected chi connectivity index (χ0v) is 17.2. The molecule has 30 heavy (non-hydrogen) atoms. The average molecular weight is 404 g/mol. The van der Waals surface area contributed by atoms with E-state index in [0.717, 1.165) is 21.9 Å². The van der Waals surface area contributed by atoms with Crippen molar-refractivity contribution in [2.24, 2.45) is 0 Å². The van der Waals surface area contributed by atoms with Crippen LogP contribution in [0.3, 0.4) is 0 Å². The lowest BCUT2D eigenvalue weighted by molar-refractivity contribution is -0.152. The van der Waals surface area contributed by atoms with Gasteiger partial charge < -0.3 is 15.4 Å². The van der Waals surface area contributed by atoms with E-state index in [-0.39, 0.29) is 12.5 Å². The molecule has 0 aliphatic carbocycles. The van der Waals surface area contributed by atoms with Gasteiger partial charge in [-0.3, -0.25) is 14.4 Å². The van der Waals surface area contributed by atoms with Crippen LogP contribution in [0.5, 0.6) is 0 Å². The third-order valence-corrected chi connectivity index (χ3v) is 4.60. The molecule has 2 N–H and O–H groups in total. The second-order valence-electron chi connectivity index (χ2n) is 7.21. The number of rotatable bonds is 6. The molecule has 0 heterocycles. The molecule has 3 aromatic carbocycles. The van der Waals surface area contributed by atoms with Crippen LogP contribution in [0.4, 0.5) is 5.69 Å². The Bertz CT molecular complexity index is 1080. The average Bonchev–Trinajstić information content (AvgIpc) is 2.71. The quantitative estimate of drug-likeness (QED) is 0.613. The number of carbonyl (C=O) groups excluding carboxylic acids is 3. The summed E-state index contributed by atoms with van der Waals surface area (Å²) in [7, 11) is 0. The maximum absolute atomic E-state index is 12.5. The van der Waals surface area contributed by atoms with E-state index >= 15 is 0 Å². The molecule has 6 nitrogen and oxygen atoms in total. The zero-order valence-electron chi connectivity index (χ0n) is 17.2. The van der Waals surface area contributed by atoms with Gasteiger partial charge >= 0.3 is 5.97 Å². The monoisotopic (exact) mass is 404 g/mol. The summed E-state index contributed by atoms with van der Waals surface area (Å²) < 4.78 is 5.16. The molecule has 0 saturated carbocycles. The van der Waals surface area contributed by atoms with Crippen molar-refractivity contribution in [3.8, 4) is 0 Å². The molecular formula is C24H24N2O4. The minimum Gasteiger partial charge on any atom is -0.451 e. The molecule has 6 heteroatoms. The van der Waals surface area contributed by atoms with E-state index in [9.17, 15) is 14.4 Å². The summed E-state index contributed by atoms with van der Waals surface area (Å²) in [4.78, 5) is 36.8. The Balaban J connectivity index is 1.54. The third kappa shape index (κ3) is 5.23. The van der Waals surface area contributed by atoms with Crippen molar-refractivity contribution in [1.29, 1.82) is 0 Å². The third-order valence-electron chi connectivity index (χ3n) is 4.60. The first-order valence-corrected chi connectivity index (χ1v) is 9.68. The standard InChI is InChI=1S/C24H24N2O4/c1-15-11-16(2)13-19(12-15)24(29)25-14-22(27)30-17(3)23(28)26-21-10-6-8-18-7-4-5-9-20(18)21/h4-13,17H,14H2,1-3H3,(H,25,29)(H,26,28). The number of ether oxygens (including phenoxy) is 1. The summed E-state index contributed by atoms with van der Waals surface area (Å²) in [6.07, 6.45) is -1.01. The molecule has 0 saturated heterocycles. The Labute approximate surface area is 175 Å².